The van der Waals surface area contributed by atoms with Gasteiger partial charge in [-0.05, 0) is 0 Å². The van der Waals surface area contributed by atoms with Crippen LogP contribution in [0, 0.1) is 0 Å². The molecule has 2 bridgehead atoms. The zero-order valence-corrected chi connectivity index (χ0v) is 8.54. The van der Waals surface area contributed by atoms with E-state index in [4.69, 9.17) is 14.7 Å². The van der Waals surface area contributed by atoms with Crippen LogP contribution in [-0.2, 0) is 14.4 Å². The van der Waals surface area contributed by atoms with Crippen LogP contribution in [0.5, 0.6) is 0 Å². The van der Waals surface area contributed by atoms with Crippen LogP contribution in [0.2, 0.25) is 0 Å². The van der Waals surface area contributed by atoms with E-state index in [9.17, 15) is 0 Å². The van der Waals surface area contributed by atoms with E-state index in [1.54, 1.807) is 18.9 Å². The molecule has 0 saturated carbocycles. The second-order valence-corrected chi connectivity index (χ2v) is 4.79. The summed E-state index contributed by atoms with van der Waals surface area (Å²) in [7, 11) is 3.63. The smallest absolute Gasteiger partial charge is 0.140 e. The van der Waals surface area contributed by atoms with Gasteiger partial charge in [0.05, 0.1) is 11.9 Å². The first-order valence-electron chi connectivity index (χ1n) is 4.32. The molecule has 0 aromatic heterocycles. The molecule has 0 aromatic rings. The molecular formula is C7H13BO4S. The highest BCUT2D eigenvalue weighted by atomic mass is 32.2. The number of thioether (sulfide) groups is 1. The second kappa shape index (κ2) is 3.44. The number of hydrogen-bond acceptors (Lipinski definition) is 5. The molecular weight excluding hydrogens is 191 g/mol. The average molecular weight is 204 g/mol. The van der Waals surface area contributed by atoms with Gasteiger partial charge in [-0.2, -0.15) is 11.8 Å². The summed E-state index contributed by atoms with van der Waals surface area (Å²) in [6.45, 7) is 0.478. The van der Waals surface area contributed by atoms with Gasteiger partial charge in [0, 0.05) is 18.9 Å². The Morgan fingerprint density at radius 3 is 3.08 bits per heavy atom. The number of methoxy groups -OCH3 is 1. The SMILES string of the molecule is B[C@@H]1O[C@]2(COC)CSC1C2OO. The van der Waals surface area contributed by atoms with Crippen LogP contribution in [-0.4, -0.2) is 55.5 Å². The third kappa shape index (κ3) is 1.32. The lowest BCUT2D eigenvalue weighted by Gasteiger charge is -2.29. The van der Waals surface area contributed by atoms with Crippen molar-refractivity contribution in [3.05, 3.63) is 0 Å². The van der Waals surface area contributed by atoms with Gasteiger partial charge < -0.3 is 9.47 Å². The molecule has 2 heterocycles. The maximum atomic E-state index is 8.81. The predicted octanol–water partition coefficient (Wildman–Crippen LogP) is -0.665. The van der Waals surface area contributed by atoms with Crippen molar-refractivity contribution in [3.63, 3.8) is 0 Å². The van der Waals surface area contributed by atoms with E-state index in [1.165, 1.54) is 0 Å². The van der Waals surface area contributed by atoms with Crippen molar-refractivity contribution in [1.82, 2.24) is 0 Å². The van der Waals surface area contributed by atoms with Crippen LogP contribution < -0.4 is 0 Å². The molecule has 13 heavy (non-hydrogen) atoms. The van der Waals surface area contributed by atoms with Crippen molar-refractivity contribution in [2.24, 2.45) is 0 Å². The topological polar surface area (TPSA) is 47.9 Å². The second-order valence-electron chi connectivity index (χ2n) is 3.62. The van der Waals surface area contributed by atoms with Crippen LogP contribution in [0.25, 0.3) is 0 Å². The van der Waals surface area contributed by atoms with E-state index >= 15 is 0 Å². The lowest BCUT2D eigenvalue weighted by Crippen LogP contribution is -2.45. The quantitative estimate of drug-likeness (QED) is 0.375. The Hall–Kier alpha value is 0.255. The van der Waals surface area contributed by atoms with Crippen molar-refractivity contribution in [3.8, 4) is 0 Å². The lowest BCUT2D eigenvalue weighted by atomic mass is 9.93. The minimum absolute atomic E-state index is 0.131. The predicted molar refractivity (Wildman–Crippen MR) is 51.8 cm³/mol. The Labute approximate surface area is 82.3 Å². The summed E-state index contributed by atoms with van der Waals surface area (Å²) in [6.07, 6.45) is -0.243. The number of ether oxygens (including phenoxy) is 2. The Kier molecular flexibility index (Phi) is 2.59. The zero-order valence-electron chi connectivity index (χ0n) is 7.73. The van der Waals surface area contributed by atoms with Crippen LogP contribution in [0.1, 0.15) is 0 Å². The normalized spacial score (nSPS) is 48.6. The summed E-state index contributed by atoms with van der Waals surface area (Å²) < 4.78 is 10.9. The van der Waals surface area contributed by atoms with Crippen molar-refractivity contribution in [2.45, 2.75) is 23.0 Å². The van der Waals surface area contributed by atoms with Gasteiger partial charge in [0.1, 0.15) is 19.6 Å². The van der Waals surface area contributed by atoms with E-state index in [2.05, 4.69) is 4.89 Å². The highest BCUT2D eigenvalue weighted by molar-refractivity contribution is 8.00. The molecule has 6 heteroatoms. The molecule has 2 fully saturated rings. The highest BCUT2D eigenvalue weighted by Gasteiger charge is 2.60. The van der Waals surface area contributed by atoms with E-state index in [-0.39, 0.29) is 17.4 Å². The minimum Gasteiger partial charge on any atom is -0.382 e. The molecule has 4 atom stereocenters. The largest absolute Gasteiger partial charge is 0.382 e. The van der Waals surface area contributed by atoms with Gasteiger partial charge in [0.2, 0.25) is 0 Å². The molecule has 0 spiro atoms. The number of rotatable bonds is 3. The van der Waals surface area contributed by atoms with Gasteiger partial charge in [0.25, 0.3) is 0 Å². The summed E-state index contributed by atoms with van der Waals surface area (Å²) in [6, 6.07) is 0.131. The first-order valence-corrected chi connectivity index (χ1v) is 5.37. The molecule has 2 unspecified atom stereocenters. The van der Waals surface area contributed by atoms with Crippen LogP contribution in [0.4, 0.5) is 0 Å². The molecule has 1 N–H and O–H groups in total. The van der Waals surface area contributed by atoms with Crippen LogP contribution in [0.15, 0.2) is 0 Å². The monoisotopic (exact) mass is 204 g/mol. The first-order chi connectivity index (χ1) is 6.23. The van der Waals surface area contributed by atoms with Crippen molar-refractivity contribution in [2.75, 3.05) is 19.5 Å². The van der Waals surface area contributed by atoms with Gasteiger partial charge >= 0.3 is 0 Å². The molecule has 2 aliphatic heterocycles. The maximum absolute atomic E-state index is 8.81. The molecule has 0 amide bonds. The molecule has 0 aromatic carbocycles. The third-order valence-corrected chi connectivity index (χ3v) is 4.39. The summed E-state index contributed by atoms with van der Waals surface area (Å²) in [4.78, 5) is 4.50. The standard InChI is InChI=1S/C7H13BO4S/c1-10-2-7-3-13-4(5(7)12-9)6(8)11-7/h4-6,9H,2-3,8H2,1H3/t4?,5?,6-,7-/m1/s1. The number of fused-ring (bicyclic) bond motifs is 2. The molecule has 2 rings (SSSR count). The van der Waals surface area contributed by atoms with Crippen molar-refractivity contribution < 1.29 is 19.6 Å². The summed E-state index contributed by atoms with van der Waals surface area (Å²) in [5, 5.41) is 9.04. The summed E-state index contributed by atoms with van der Waals surface area (Å²) in [5.41, 5.74) is -0.432. The van der Waals surface area contributed by atoms with E-state index in [0.717, 1.165) is 5.75 Å². The van der Waals surface area contributed by atoms with Gasteiger partial charge in [-0.25, -0.2) is 4.89 Å². The number of hydrogen-bond donors (Lipinski definition) is 1. The molecule has 0 aliphatic carbocycles. The van der Waals surface area contributed by atoms with Crippen LogP contribution in [0.3, 0.4) is 0 Å². The average Bonchev–Trinajstić information content (AvgIpc) is 2.55. The van der Waals surface area contributed by atoms with E-state index < -0.39 is 5.60 Å². The Balaban J connectivity index is 2.17. The Morgan fingerprint density at radius 2 is 2.54 bits per heavy atom. The van der Waals surface area contributed by atoms with E-state index in [0.29, 0.717) is 6.61 Å². The molecule has 74 valence electrons. The Morgan fingerprint density at radius 1 is 1.77 bits per heavy atom. The fraction of sp³-hybridized carbons (Fsp3) is 1.00. The van der Waals surface area contributed by atoms with Crippen LogP contribution >= 0.6 is 11.8 Å². The lowest BCUT2D eigenvalue weighted by molar-refractivity contribution is -0.299. The summed E-state index contributed by atoms with van der Waals surface area (Å²) >= 11 is 1.78. The van der Waals surface area contributed by atoms with Crippen molar-refractivity contribution >= 4 is 19.6 Å². The summed E-state index contributed by atoms with van der Waals surface area (Å²) in [5.74, 6) is 0.834. The fourth-order valence-corrected chi connectivity index (χ4v) is 3.77. The van der Waals surface area contributed by atoms with Gasteiger partial charge in [-0.1, -0.05) is 0 Å². The first kappa shape index (κ1) is 9.80. The molecule has 2 aliphatic rings. The minimum atomic E-state index is -0.432. The van der Waals surface area contributed by atoms with Gasteiger partial charge in [-0.15, -0.1) is 0 Å². The molecule has 2 saturated heterocycles. The molecule has 0 radical (unpaired) electrons. The zero-order chi connectivity index (χ0) is 9.47. The van der Waals surface area contributed by atoms with Gasteiger partial charge in [-0.3, -0.25) is 5.26 Å². The fourth-order valence-electron chi connectivity index (χ4n) is 2.18. The third-order valence-electron chi connectivity index (χ3n) is 2.72. The van der Waals surface area contributed by atoms with E-state index in [1.807, 2.05) is 7.85 Å². The Bertz CT molecular complexity index is 205. The van der Waals surface area contributed by atoms with Crippen molar-refractivity contribution in [1.29, 1.82) is 0 Å². The highest BCUT2D eigenvalue weighted by Crippen LogP contribution is 2.48. The van der Waals surface area contributed by atoms with Gasteiger partial charge in [0.15, 0.2) is 0 Å². The molecule has 4 nitrogen and oxygen atoms in total. The maximum Gasteiger partial charge on any atom is 0.140 e.